The van der Waals surface area contributed by atoms with Crippen molar-refractivity contribution >= 4 is 11.8 Å². The number of aromatic nitrogens is 4. The van der Waals surface area contributed by atoms with E-state index in [1.807, 2.05) is 53.8 Å². The van der Waals surface area contributed by atoms with Gasteiger partial charge in [-0.25, -0.2) is 4.98 Å². The standard InChI is InChI=1S/C30H32N6O5/c1-18(2)27-33-29(41-34-27)20-6-9-35(10-7-20)30(38)22-12-19-13-23(14-22)36-11-8-31-28(36)21-4-5-24(39-3)25(15-21)40-17-26(37)32-16-19/h4-5,8,11-15,18,20H,6-7,9-10,16-17H2,1-3H3,(H,32,37). The molecule has 212 valence electrons. The third kappa shape index (κ3) is 5.39. The number of carbonyl (C=O) groups is 2. The van der Waals surface area contributed by atoms with Gasteiger partial charge in [-0.05, 0) is 54.8 Å². The molecule has 2 aromatic heterocycles. The van der Waals surface area contributed by atoms with Crippen LogP contribution in [0.25, 0.3) is 17.1 Å². The molecule has 0 spiro atoms. The van der Waals surface area contributed by atoms with Crippen molar-refractivity contribution in [3.63, 3.8) is 0 Å². The van der Waals surface area contributed by atoms with E-state index in [-0.39, 0.29) is 36.8 Å². The largest absolute Gasteiger partial charge is 0.493 e. The molecule has 6 rings (SSSR count). The lowest BCUT2D eigenvalue weighted by Gasteiger charge is -2.30. The molecule has 1 fully saturated rings. The number of nitrogens with one attached hydrogen (secondary N) is 1. The lowest BCUT2D eigenvalue weighted by atomic mass is 9.96. The first-order valence-electron chi connectivity index (χ1n) is 13.8. The Balaban J connectivity index is 1.29. The van der Waals surface area contributed by atoms with Crippen LogP contribution >= 0.6 is 0 Å². The summed E-state index contributed by atoms with van der Waals surface area (Å²) in [5, 5.41) is 6.99. The third-order valence-electron chi connectivity index (χ3n) is 7.52. The molecule has 0 aliphatic carbocycles. The SMILES string of the molecule is COc1ccc2cc1OCC(=O)NCc1cc(C(=O)N3CCC(c4nc(C(C)C)no4)CC3)cc(c1)-n1ccnc1-2. The van der Waals surface area contributed by atoms with Gasteiger partial charge in [0.1, 0.15) is 5.82 Å². The molecule has 1 N–H and O–H groups in total. The number of rotatable bonds is 4. The summed E-state index contributed by atoms with van der Waals surface area (Å²) < 4.78 is 18.7. The molecule has 0 saturated carbocycles. The molecule has 2 aliphatic rings. The van der Waals surface area contributed by atoms with E-state index in [4.69, 9.17) is 14.0 Å². The summed E-state index contributed by atoms with van der Waals surface area (Å²) >= 11 is 0. The Kier molecular flexibility index (Phi) is 7.17. The van der Waals surface area contributed by atoms with Gasteiger partial charge in [0.25, 0.3) is 11.8 Å². The van der Waals surface area contributed by atoms with Crippen LogP contribution in [0.3, 0.4) is 0 Å². The molecule has 0 atom stereocenters. The first-order valence-corrected chi connectivity index (χ1v) is 13.8. The number of nitrogens with zero attached hydrogens (tertiary/aromatic N) is 5. The summed E-state index contributed by atoms with van der Waals surface area (Å²) in [4.78, 5) is 37.4. The number of methoxy groups -OCH3 is 1. The van der Waals surface area contributed by atoms with Gasteiger partial charge in [0.05, 0.1) is 7.11 Å². The number of benzene rings is 2. The van der Waals surface area contributed by atoms with Crippen molar-refractivity contribution in [1.82, 2.24) is 29.9 Å². The molecule has 41 heavy (non-hydrogen) atoms. The van der Waals surface area contributed by atoms with Crippen LogP contribution in [0.4, 0.5) is 0 Å². The van der Waals surface area contributed by atoms with Crippen molar-refractivity contribution in [3.8, 4) is 28.6 Å². The van der Waals surface area contributed by atoms with E-state index in [2.05, 4.69) is 20.4 Å². The Hall–Kier alpha value is -4.67. The highest BCUT2D eigenvalue weighted by Gasteiger charge is 2.29. The minimum absolute atomic E-state index is 0.0627. The predicted molar refractivity (Wildman–Crippen MR) is 149 cm³/mol. The fraction of sp³-hybridized carbons (Fsp3) is 0.367. The van der Waals surface area contributed by atoms with Gasteiger partial charge in [0.15, 0.2) is 23.9 Å². The Labute approximate surface area is 237 Å². The molecule has 0 radical (unpaired) electrons. The monoisotopic (exact) mass is 556 g/mol. The zero-order valence-electron chi connectivity index (χ0n) is 23.3. The number of imidazole rings is 1. The first-order chi connectivity index (χ1) is 19.9. The predicted octanol–water partition coefficient (Wildman–Crippen LogP) is 4.08. The molecule has 2 aliphatic heterocycles. The van der Waals surface area contributed by atoms with Crippen molar-refractivity contribution in [2.45, 2.75) is 45.1 Å². The molecule has 4 bridgehead atoms. The summed E-state index contributed by atoms with van der Waals surface area (Å²) in [5.41, 5.74) is 2.90. The molecule has 4 heterocycles. The van der Waals surface area contributed by atoms with Crippen LogP contribution in [0.15, 0.2) is 53.3 Å². The second kappa shape index (κ2) is 11.1. The average molecular weight is 557 g/mol. The summed E-state index contributed by atoms with van der Waals surface area (Å²) in [6.45, 7) is 5.31. The normalized spacial score (nSPS) is 15.7. The zero-order chi connectivity index (χ0) is 28.5. The fourth-order valence-corrected chi connectivity index (χ4v) is 5.25. The fourth-order valence-electron chi connectivity index (χ4n) is 5.25. The van der Waals surface area contributed by atoms with Crippen LogP contribution in [0.1, 0.15) is 66.2 Å². The van der Waals surface area contributed by atoms with Crippen molar-refractivity contribution in [2.24, 2.45) is 0 Å². The summed E-state index contributed by atoms with van der Waals surface area (Å²) in [6, 6.07) is 11.1. The van der Waals surface area contributed by atoms with E-state index in [9.17, 15) is 9.59 Å². The summed E-state index contributed by atoms with van der Waals surface area (Å²) in [7, 11) is 1.55. The van der Waals surface area contributed by atoms with E-state index < -0.39 is 0 Å². The van der Waals surface area contributed by atoms with Crippen molar-refractivity contribution < 1.29 is 23.6 Å². The zero-order valence-corrected chi connectivity index (χ0v) is 23.3. The summed E-state index contributed by atoms with van der Waals surface area (Å²) in [6.07, 6.45) is 5.07. The molecular weight excluding hydrogens is 524 g/mol. The van der Waals surface area contributed by atoms with Crippen molar-refractivity contribution in [3.05, 3.63) is 71.6 Å². The Morgan fingerprint density at radius 3 is 2.73 bits per heavy atom. The van der Waals surface area contributed by atoms with Gasteiger partial charge in [-0.3, -0.25) is 14.2 Å². The molecular formula is C30H32N6O5. The molecule has 2 amide bonds. The van der Waals surface area contributed by atoms with Crippen LogP contribution in [-0.4, -0.2) is 63.2 Å². The number of hydrogen-bond donors (Lipinski definition) is 1. The maximum Gasteiger partial charge on any atom is 0.258 e. The maximum absolute atomic E-state index is 13.8. The molecule has 11 heteroatoms. The number of fused-ring (bicyclic) bond motifs is 7. The van der Waals surface area contributed by atoms with Gasteiger partial charge in [-0.1, -0.05) is 19.0 Å². The molecule has 0 unspecified atom stereocenters. The number of carbonyl (C=O) groups excluding carboxylic acids is 2. The number of piperidine rings is 1. The number of hydrogen-bond acceptors (Lipinski definition) is 8. The van der Waals surface area contributed by atoms with E-state index in [0.29, 0.717) is 47.7 Å². The topological polar surface area (TPSA) is 125 Å². The van der Waals surface area contributed by atoms with Crippen LogP contribution < -0.4 is 14.8 Å². The highest BCUT2D eigenvalue weighted by atomic mass is 16.5. The number of amides is 2. The lowest BCUT2D eigenvalue weighted by Crippen LogP contribution is -2.38. The van der Waals surface area contributed by atoms with Crippen molar-refractivity contribution in [2.75, 3.05) is 26.8 Å². The van der Waals surface area contributed by atoms with Gasteiger partial charge in [0.2, 0.25) is 5.89 Å². The van der Waals surface area contributed by atoms with Crippen LogP contribution in [0.5, 0.6) is 11.5 Å². The van der Waals surface area contributed by atoms with Crippen molar-refractivity contribution in [1.29, 1.82) is 0 Å². The minimum Gasteiger partial charge on any atom is -0.493 e. The van der Waals surface area contributed by atoms with Gasteiger partial charge in [-0.2, -0.15) is 4.98 Å². The molecule has 2 aromatic carbocycles. The van der Waals surface area contributed by atoms with E-state index in [0.717, 1.165) is 29.7 Å². The second-order valence-electron chi connectivity index (χ2n) is 10.7. The Morgan fingerprint density at radius 2 is 1.98 bits per heavy atom. The van der Waals surface area contributed by atoms with Gasteiger partial charge in [0, 0.05) is 60.7 Å². The van der Waals surface area contributed by atoms with Gasteiger partial charge < -0.3 is 24.2 Å². The highest BCUT2D eigenvalue weighted by molar-refractivity contribution is 5.95. The third-order valence-corrected chi connectivity index (χ3v) is 7.52. The quantitative estimate of drug-likeness (QED) is 0.399. The van der Waals surface area contributed by atoms with Crippen LogP contribution in [0.2, 0.25) is 0 Å². The van der Waals surface area contributed by atoms with Crippen LogP contribution in [0, 0.1) is 0 Å². The van der Waals surface area contributed by atoms with Crippen LogP contribution in [-0.2, 0) is 11.3 Å². The second-order valence-corrected chi connectivity index (χ2v) is 10.7. The van der Waals surface area contributed by atoms with E-state index >= 15 is 0 Å². The highest BCUT2D eigenvalue weighted by Crippen LogP contribution is 2.34. The minimum atomic E-state index is -0.281. The van der Waals surface area contributed by atoms with E-state index in [1.54, 1.807) is 25.4 Å². The average Bonchev–Trinajstić information content (AvgIpc) is 3.69. The molecule has 11 nitrogen and oxygen atoms in total. The number of ether oxygens (including phenoxy) is 2. The lowest BCUT2D eigenvalue weighted by molar-refractivity contribution is -0.123. The van der Waals surface area contributed by atoms with E-state index in [1.165, 1.54) is 0 Å². The first kappa shape index (κ1) is 26.5. The molecule has 4 aromatic rings. The summed E-state index contributed by atoms with van der Waals surface area (Å²) in [5.74, 6) is 2.99. The van der Waals surface area contributed by atoms with Gasteiger partial charge in [-0.15, -0.1) is 0 Å². The Morgan fingerprint density at radius 1 is 1.15 bits per heavy atom. The Bertz CT molecular complexity index is 1580. The molecule has 1 saturated heterocycles. The van der Waals surface area contributed by atoms with Gasteiger partial charge >= 0.3 is 0 Å². The number of likely N-dealkylation sites (tertiary alicyclic amines) is 1. The maximum atomic E-state index is 13.8. The smallest absolute Gasteiger partial charge is 0.258 e.